The lowest BCUT2D eigenvalue weighted by Gasteiger charge is -2.38. The number of hydrogen-bond acceptors (Lipinski definition) is 4. The second kappa shape index (κ2) is 6.59. The number of anilines is 2. The molecular weight excluding hydrogens is 373 g/mol. The van der Waals surface area contributed by atoms with Crippen LogP contribution in [0.3, 0.4) is 0 Å². The zero-order valence-corrected chi connectivity index (χ0v) is 15.3. The Balaban J connectivity index is 1.82. The van der Waals surface area contributed by atoms with Gasteiger partial charge in [-0.05, 0) is 48.0 Å². The molecule has 2 aromatic carbocycles. The van der Waals surface area contributed by atoms with Crippen molar-refractivity contribution in [3.8, 4) is 5.75 Å². The SMILES string of the molecule is COc1ccc(N2C(=N)c3ccoc3NC2c2ccc(Cl)c(Cl)c2)cc1. The molecule has 0 aliphatic carbocycles. The number of nitrogens with one attached hydrogen (secondary N) is 2. The molecule has 0 saturated carbocycles. The van der Waals surface area contributed by atoms with Gasteiger partial charge in [0.15, 0.2) is 0 Å². The fourth-order valence-corrected chi connectivity index (χ4v) is 3.30. The van der Waals surface area contributed by atoms with E-state index in [4.69, 9.17) is 37.8 Å². The molecule has 1 atom stereocenters. The Morgan fingerprint density at radius 3 is 2.54 bits per heavy atom. The molecule has 26 heavy (non-hydrogen) atoms. The Kier molecular flexibility index (Phi) is 4.26. The minimum absolute atomic E-state index is 0.328. The topological polar surface area (TPSA) is 61.5 Å². The summed E-state index contributed by atoms with van der Waals surface area (Å²) >= 11 is 12.3. The van der Waals surface area contributed by atoms with E-state index in [0.717, 1.165) is 17.0 Å². The van der Waals surface area contributed by atoms with E-state index in [-0.39, 0.29) is 6.17 Å². The molecule has 0 radical (unpaired) electrons. The van der Waals surface area contributed by atoms with Crippen LogP contribution in [0.2, 0.25) is 10.0 Å². The number of amidine groups is 1. The molecule has 132 valence electrons. The molecule has 7 heteroatoms. The highest BCUT2D eigenvalue weighted by molar-refractivity contribution is 6.42. The molecule has 5 nitrogen and oxygen atoms in total. The monoisotopic (exact) mass is 387 g/mol. The number of benzene rings is 2. The van der Waals surface area contributed by atoms with Crippen LogP contribution in [-0.4, -0.2) is 12.9 Å². The van der Waals surface area contributed by atoms with Crippen LogP contribution in [0, 0.1) is 5.41 Å². The highest BCUT2D eigenvalue weighted by atomic mass is 35.5. The van der Waals surface area contributed by atoms with Crippen LogP contribution >= 0.6 is 23.2 Å². The Bertz CT molecular complexity index is 969. The van der Waals surface area contributed by atoms with Crippen molar-refractivity contribution in [3.63, 3.8) is 0 Å². The second-order valence-corrected chi connectivity index (χ2v) is 6.61. The lowest BCUT2D eigenvalue weighted by atomic mass is 10.1. The van der Waals surface area contributed by atoms with E-state index >= 15 is 0 Å². The van der Waals surface area contributed by atoms with E-state index in [0.29, 0.717) is 27.3 Å². The first-order valence-corrected chi connectivity index (χ1v) is 8.65. The van der Waals surface area contributed by atoms with Crippen molar-refractivity contribution in [2.75, 3.05) is 17.3 Å². The predicted molar refractivity (Wildman–Crippen MR) is 104 cm³/mol. The lowest BCUT2D eigenvalue weighted by Crippen LogP contribution is -2.42. The molecule has 1 aromatic heterocycles. The first kappa shape index (κ1) is 16.8. The van der Waals surface area contributed by atoms with E-state index in [1.807, 2.05) is 35.2 Å². The number of rotatable bonds is 3. The summed E-state index contributed by atoms with van der Waals surface area (Å²) in [6.45, 7) is 0. The molecule has 0 fully saturated rings. The van der Waals surface area contributed by atoms with Crippen molar-refractivity contribution in [1.82, 2.24) is 0 Å². The molecule has 1 aliphatic heterocycles. The molecule has 0 saturated heterocycles. The van der Waals surface area contributed by atoms with Gasteiger partial charge in [0.05, 0.1) is 29.0 Å². The average Bonchev–Trinajstić information content (AvgIpc) is 3.13. The molecule has 2 N–H and O–H groups in total. The molecule has 2 heterocycles. The second-order valence-electron chi connectivity index (χ2n) is 5.80. The lowest BCUT2D eigenvalue weighted by molar-refractivity contribution is 0.415. The zero-order valence-electron chi connectivity index (χ0n) is 13.8. The van der Waals surface area contributed by atoms with Crippen molar-refractivity contribution in [1.29, 1.82) is 5.41 Å². The Hall–Kier alpha value is -2.63. The van der Waals surface area contributed by atoms with Gasteiger partial charge < -0.3 is 19.4 Å². The van der Waals surface area contributed by atoms with Crippen LogP contribution < -0.4 is 15.0 Å². The van der Waals surface area contributed by atoms with Gasteiger partial charge in [-0.2, -0.15) is 0 Å². The summed E-state index contributed by atoms with van der Waals surface area (Å²) in [6, 6.07) is 14.7. The van der Waals surface area contributed by atoms with Crippen LogP contribution in [0.15, 0.2) is 59.2 Å². The number of hydrogen-bond donors (Lipinski definition) is 2. The molecule has 0 bridgehead atoms. The summed E-state index contributed by atoms with van der Waals surface area (Å²) in [5.41, 5.74) is 2.39. The van der Waals surface area contributed by atoms with Crippen LogP contribution in [0.25, 0.3) is 0 Å². The van der Waals surface area contributed by atoms with E-state index in [1.54, 1.807) is 31.6 Å². The highest BCUT2D eigenvalue weighted by Gasteiger charge is 2.33. The van der Waals surface area contributed by atoms with E-state index < -0.39 is 0 Å². The van der Waals surface area contributed by atoms with Crippen LogP contribution in [0.1, 0.15) is 17.3 Å². The Labute approximate surface area is 160 Å². The van der Waals surface area contributed by atoms with Gasteiger partial charge in [-0.15, -0.1) is 0 Å². The third-order valence-electron chi connectivity index (χ3n) is 4.30. The molecule has 0 spiro atoms. The summed E-state index contributed by atoms with van der Waals surface area (Å²) < 4.78 is 10.7. The standard InChI is InChI=1S/C19H15Cl2N3O2/c1-25-13-5-3-12(4-6-13)24-17(22)14-8-9-26-19(14)23-18(24)11-2-7-15(20)16(21)10-11/h2-10,18,22-23H,1H3. The number of fused-ring (bicyclic) bond motifs is 1. The fraction of sp³-hybridized carbons (Fsp3) is 0.105. The summed E-state index contributed by atoms with van der Waals surface area (Å²) in [5.74, 6) is 1.63. The molecule has 0 amide bonds. The maximum atomic E-state index is 8.69. The van der Waals surface area contributed by atoms with Gasteiger partial charge in [0, 0.05) is 5.69 Å². The van der Waals surface area contributed by atoms with E-state index in [2.05, 4.69) is 5.32 Å². The number of methoxy groups -OCH3 is 1. The van der Waals surface area contributed by atoms with Crippen LogP contribution in [0.4, 0.5) is 11.6 Å². The first-order chi connectivity index (χ1) is 12.6. The van der Waals surface area contributed by atoms with Gasteiger partial charge in [0.25, 0.3) is 0 Å². The number of furan rings is 1. The summed E-state index contributed by atoms with van der Waals surface area (Å²) in [7, 11) is 1.62. The largest absolute Gasteiger partial charge is 0.497 e. The normalized spacial score (nSPS) is 16.2. The van der Waals surface area contributed by atoms with Gasteiger partial charge in [-0.1, -0.05) is 29.3 Å². The molecule has 1 aliphatic rings. The van der Waals surface area contributed by atoms with Crippen LogP contribution in [-0.2, 0) is 0 Å². The Morgan fingerprint density at radius 2 is 1.85 bits per heavy atom. The number of ether oxygens (including phenoxy) is 1. The van der Waals surface area contributed by atoms with Gasteiger partial charge in [0.2, 0.25) is 5.88 Å². The van der Waals surface area contributed by atoms with Gasteiger partial charge in [-0.3, -0.25) is 5.41 Å². The van der Waals surface area contributed by atoms with Gasteiger partial charge in [0.1, 0.15) is 17.8 Å². The quantitative estimate of drug-likeness (QED) is 0.618. The fourth-order valence-electron chi connectivity index (χ4n) is 2.99. The highest BCUT2D eigenvalue weighted by Crippen LogP contribution is 2.38. The maximum absolute atomic E-state index is 8.69. The third-order valence-corrected chi connectivity index (χ3v) is 5.04. The molecule has 4 rings (SSSR count). The molecule has 3 aromatic rings. The Morgan fingerprint density at radius 1 is 1.08 bits per heavy atom. The van der Waals surface area contributed by atoms with Gasteiger partial charge in [-0.25, -0.2) is 0 Å². The van der Waals surface area contributed by atoms with Gasteiger partial charge >= 0.3 is 0 Å². The predicted octanol–water partition coefficient (Wildman–Crippen LogP) is 5.55. The minimum atomic E-state index is -0.371. The summed E-state index contributed by atoms with van der Waals surface area (Å²) in [4.78, 5) is 1.87. The van der Waals surface area contributed by atoms with Crippen molar-refractivity contribution < 1.29 is 9.15 Å². The summed E-state index contributed by atoms with van der Waals surface area (Å²) in [5, 5.41) is 13.0. The van der Waals surface area contributed by atoms with Crippen LogP contribution in [0.5, 0.6) is 5.75 Å². The average molecular weight is 388 g/mol. The number of halogens is 2. The smallest absolute Gasteiger partial charge is 0.205 e. The number of nitrogens with zero attached hydrogens (tertiary/aromatic N) is 1. The van der Waals surface area contributed by atoms with Crippen molar-refractivity contribution in [2.45, 2.75) is 6.17 Å². The third kappa shape index (κ3) is 2.79. The van der Waals surface area contributed by atoms with Crippen molar-refractivity contribution in [2.24, 2.45) is 0 Å². The summed E-state index contributed by atoms with van der Waals surface area (Å²) in [6.07, 6.45) is 1.19. The minimum Gasteiger partial charge on any atom is -0.497 e. The van der Waals surface area contributed by atoms with E-state index in [9.17, 15) is 0 Å². The zero-order chi connectivity index (χ0) is 18.3. The van der Waals surface area contributed by atoms with E-state index in [1.165, 1.54) is 0 Å². The van der Waals surface area contributed by atoms with Crippen molar-refractivity contribution >= 4 is 40.6 Å². The van der Waals surface area contributed by atoms with Crippen molar-refractivity contribution in [3.05, 3.63) is 76.0 Å². The molecule has 1 unspecified atom stereocenters. The first-order valence-electron chi connectivity index (χ1n) is 7.89. The maximum Gasteiger partial charge on any atom is 0.205 e. The molecular formula is C19H15Cl2N3O2.